The van der Waals surface area contributed by atoms with Crippen molar-refractivity contribution in [2.75, 3.05) is 18.5 Å². The van der Waals surface area contributed by atoms with Crippen molar-refractivity contribution in [3.8, 4) is 0 Å². The second-order valence-electron chi connectivity index (χ2n) is 4.77. The summed E-state index contributed by atoms with van der Waals surface area (Å²) < 4.78 is 5.09. The molecule has 0 aliphatic carbocycles. The lowest BCUT2D eigenvalue weighted by molar-refractivity contribution is -0.136. The zero-order chi connectivity index (χ0) is 16.1. The van der Waals surface area contributed by atoms with Gasteiger partial charge in [-0.3, -0.25) is 4.79 Å². The molecule has 0 amide bonds. The number of nitrogens with one attached hydrogen (secondary N) is 1. The minimum atomic E-state index is -0.914. The van der Waals surface area contributed by atoms with Crippen LogP contribution in [-0.4, -0.2) is 35.2 Å². The predicted molar refractivity (Wildman–Crippen MR) is 83.2 cm³/mol. The first-order valence-corrected chi connectivity index (χ1v) is 7.06. The Balaban J connectivity index is 2.48. The molecule has 2 rings (SSSR count). The summed E-state index contributed by atoms with van der Waals surface area (Å²) in [6, 6.07) is 7.48. The van der Waals surface area contributed by atoms with Gasteiger partial charge in [0.25, 0.3) is 0 Å². The monoisotopic (exact) mass is 302 g/mol. The smallest absolute Gasteiger partial charge is 0.342 e. The van der Waals surface area contributed by atoms with Crippen molar-refractivity contribution in [3.63, 3.8) is 0 Å². The molecule has 0 bridgehead atoms. The van der Waals surface area contributed by atoms with E-state index in [1.807, 2.05) is 31.2 Å². The average molecular weight is 302 g/mol. The van der Waals surface area contributed by atoms with Crippen LogP contribution in [0.2, 0.25) is 0 Å². The second kappa shape index (κ2) is 6.89. The minimum Gasteiger partial charge on any atom is -0.481 e. The summed E-state index contributed by atoms with van der Waals surface area (Å²) >= 11 is 0. The number of benzene rings is 1. The molecule has 6 heteroatoms. The number of ether oxygens (including phenoxy) is 1. The molecule has 0 unspecified atom stereocenters. The molecule has 0 radical (unpaired) electrons. The minimum absolute atomic E-state index is 0.0597. The van der Waals surface area contributed by atoms with E-state index in [1.54, 1.807) is 6.92 Å². The van der Waals surface area contributed by atoms with E-state index in [0.717, 1.165) is 16.5 Å². The highest BCUT2D eigenvalue weighted by molar-refractivity contribution is 6.02. The first-order valence-electron chi connectivity index (χ1n) is 7.06. The van der Waals surface area contributed by atoms with Gasteiger partial charge in [-0.15, -0.1) is 0 Å². The average Bonchev–Trinajstić information content (AvgIpc) is 2.47. The fraction of sp³-hybridized carbons (Fsp3) is 0.312. The number of rotatable bonds is 6. The molecular weight excluding hydrogens is 284 g/mol. The molecular formula is C16H18N2O4. The van der Waals surface area contributed by atoms with Gasteiger partial charge in [-0.25, -0.2) is 9.78 Å². The lowest BCUT2D eigenvalue weighted by atomic mass is 10.0. The van der Waals surface area contributed by atoms with Gasteiger partial charge in [0.1, 0.15) is 11.4 Å². The Morgan fingerprint density at radius 1 is 1.32 bits per heavy atom. The standard InChI is InChI=1S/C16H18N2O4/c1-3-22-16(21)14-10(2)11-6-4-5-7-12(11)18-15(14)17-9-8-13(19)20/h4-7H,3,8-9H2,1-2H3,(H,17,18)(H,19,20). The maximum Gasteiger partial charge on any atom is 0.342 e. The first kappa shape index (κ1) is 15.8. The normalized spacial score (nSPS) is 10.5. The third-order valence-corrected chi connectivity index (χ3v) is 3.26. The van der Waals surface area contributed by atoms with Gasteiger partial charge >= 0.3 is 11.9 Å². The third-order valence-electron chi connectivity index (χ3n) is 3.26. The van der Waals surface area contributed by atoms with Gasteiger partial charge in [0.15, 0.2) is 0 Å². The Bertz CT molecular complexity index is 713. The number of aryl methyl sites for hydroxylation is 1. The molecule has 2 N–H and O–H groups in total. The Labute approximate surface area is 128 Å². The van der Waals surface area contributed by atoms with Gasteiger partial charge in [-0.05, 0) is 25.5 Å². The van der Waals surface area contributed by atoms with Gasteiger partial charge in [0, 0.05) is 11.9 Å². The van der Waals surface area contributed by atoms with E-state index >= 15 is 0 Å². The van der Waals surface area contributed by atoms with Crippen LogP contribution in [0.4, 0.5) is 5.82 Å². The van der Waals surface area contributed by atoms with Crippen molar-refractivity contribution < 1.29 is 19.4 Å². The van der Waals surface area contributed by atoms with Crippen LogP contribution < -0.4 is 5.32 Å². The van der Waals surface area contributed by atoms with Crippen molar-refractivity contribution in [2.45, 2.75) is 20.3 Å². The number of aromatic nitrogens is 1. The number of carboxylic acid groups (broad SMARTS) is 1. The maximum absolute atomic E-state index is 12.2. The summed E-state index contributed by atoms with van der Waals surface area (Å²) in [5, 5.41) is 12.5. The summed E-state index contributed by atoms with van der Waals surface area (Å²) in [6.07, 6.45) is -0.0597. The molecule has 0 fully saturated rings. The summed E-state index contributed by atoms with van der Waals surface area (Å²) in [4.78, 5) is 27.3. The molecule has 1 aromatic heterocycles. The number of para-hydroxylation sites is 1. The number of aliphatic carboxylic acids is 1. The van der Waals surface area contributed by atoms with Crippen LogP contribution >= 0.6 is 0 Å². The van der Waals surface area contributed by atoms with Gasteiger partial charge < -0.3 is 15.2 Å². The number of hydrogen-bond acceptors (Lipinski definition) is 5. The largest absolute Gasteiger partial charge is 0.481 e. The van der Waals surface area contributed by atoms with Crippen molar-refractivity contribution in [1.29, 1.82) is 0 Å². The Kier molecular flexibility index (Phi) is 4.93. The molecule has 2 aromatic rings. The summed E-state index contributed by atoms with van der Waals surface area (Å²) in [5.41, 5.74) is 1.86. The van der Waals surface area contributed by atoms with Crippen molar-refractivity contribution in [1.82, 2.24) is 4.98 Å². The van der Waals surface area contributed by atoms with Gasteiger partial charge in [0.2, 0.25) is 0 Å². The topological polar surface area (TPSA) is 88.5 Å². The van der Waals surface area contributed by atoms with Crippen molar-refractivity contribution in [2.24, 2.45) is 0 Å². The van der Waals surface area contributed by atoms with E-state index in [1.165, 1.54) is 0 Å². The van der Waals surface area contributed by atoms with Gasteiger partial charge in [-0.2, -0.15) is 0 Å². The van der Waals surface area contributed by atoms with E-state index in [9.17, 15) is 9.59 Å². The van der Waals surface area contributed by atoms with Crippen LogP contribution in [0.15, 0.2) is 24.3 Å². The fourth-order valence-electron chi connectivity index (χ4n) is 2.25. The molecule has 0 saturated heterocycles. The number of fused-ring (bicyclic) bond motifs is 1. The highest BCUT2D eigenvalue weighted by Gasteiger charge is 2.19. The Morgan fingerprint density at radius 2 is 2.05 bits per heavy atom. The molecule has 1 heterocycles. The fourth-order valence-corrected chi connectivity index (χ4v) is 2.25. The third kappa shape index (κ3) is 3.33. The molecule has 0 aliphatic heterocycles. The summed E-state index contributed by atoms with van der Waals surface area (Å²) in [6.45, 7) is 4.02. The van der Waals surface area contributed by atoms with E-state index in [2.05, 4.69) is 10.3 Å². The molecule has 6 nitrogen and oxygen atoms in total. The van der Waals surface area contributed by atoms with Crippen LogP contribution in [0.3, 0.4) is 0 Å². The van der Waals surface area contributed by atoms with E-state index in [4.69, 9.17) is 9.84 Å². The quantitative estimate of drug-likeness (QED) is 0.797. The molecule has 0 aliphatic rings. The number of pyridine rings is 1. The van der Waals surface area contributed by atoms with E-state index in [-0.39, 0.29) is 19.6 Å². The zero-order valence-corrected chi connectivity index (χ0v) is 12.5. The van der Waals surface area contributed by atoms with Crippen molar-refractivity contribution in [3.05, 3.63) is 35.4 Å². The number of anilines is 1. The van der Waals surface area contributed by atoms with Crippen LogP contribution in [-0.2, 0) is 9.53 Å². The predicted octanol–water partition coefficient (Wildman–Crippen LogP) is 2.61. The highest BCUT2D eigenvalue weighted by atomic mass is 16.5. The lowest BCUT2D eigenvalue weighted by Crippen LogP contribution is -2.15. The molecule has 1 aromatic carbocycles. The highest BCUT2D eigenvalue weighted by Crippen LogP contribution is 2.26. The van der Waals surface area contributed by atoms with Gasteiger partial charge in [0.05, 0.1) is 18.5 Å². The second-order valence-corrected chi connectivity index (χ2v) is 4.77. The number of esters is 1. The Morgan fingerprint density at radius 3 is 2.73 bits per heavy atom. The van der Waals surface area contributed by atoms with Crippen LogP contribution in [0.5, 0.6) is 0 Å². The maximum atomic E-state index is 12.2. The van der Waals surface area contributed by atoms with Crippen LogP contribution in [0, 0.1) is 6.92 Å². The molecule has 0 spiro atoms. The first-order chi connectivity index (χ1) is 10.5. The zero-order valence-electron chi connectivity index (χ0n) is 12.5. The van der Waals surface area contributed by atoms with Crippen molar-refractivity contribution >= 4 is 28.7 Å². The molecule has 22 heavy (non-hydrogen) atoms. The molecule has 116 valence electrons. The summed E-state index contributed by atoms with van der Waals surface area (Å²) in [7, 11) is 0. The number of carbonyl (C=O) groups is 2. The number of carboxylic acids is 1. The molecule has 0 atom stereocenters. The number of hydrogen-bond donors (Lipinski definition) is 2. The van der Waals surface area contributed by atoms with Crippen LogP contribution in [0.25, 0.3) is 10.9 Å². The number of nitrogens with zero attached hydrogens (tertiary/aromatic N) is 1. The van der Waals surface area contributed by atoms with E-state index in [0.29, 0.717) is 11.4 Å². The Hall–Kier alpha value is -2.63. The molecule has 0 saturated carbocycles. The lowest BCUT2D eigenvalue weighted by Gasteiger charge is -2.14. The number of carbonyl (C=O) groups excluding carboxylic acids is 1. The van der Waals surface area contributed by atoms with Crippen LogP contribution in [0.1, 0.15) is 29.3 Å². The van der Waals surface area contributed by atoms with E-state index < -0.39 is 11.9 Å². The summed E-state index contributed by atoms with van der Waals surface area (Å²) in [5.74, 6) is -1.02. The SMILES string of the molecule is CCOC(=O)c1c(NCCC(=O)O)nc2ccccc2c1C. The van der Waals surface area contributed by atoms with Gasteiger partial charge in [-0.1, -0.05) is 18.2 Å².